The van der Waals surface area contributed by atoms with E-state index in [1.165, 1.54) is 19.3 Å². The first-order valence-corrected chi connectivity index (χ1v) is 6.06. The highest BCUT2D eigenvalue weighted by molar-refractivity contribution is 4.87. The molecular weight excluding hydrogens is 190 g/mol. The first kappa shape index (κ1) is 12.9. The molecule has 1 atom stereocenters. The Morgan fingerprint density at radius 1 is 1.33 bits per heavy atom. The molecule has 3 heteroatoms. The molecule has 0 saturated heterocycles. The summed E-state index contributed by atoms with van der Waals surface area (Å²) in [4.78, 5) is 0. The molecule has 1 saturated carbocycles. The number of rotatable bonds is 5. The van der Waals surface area contributed by atoms with Crippen LogP contribution in [0.1, 0.15) is 52.4 Å². The van der Waals surface area contributed by atoms with Gasteiger partial charge in [0, 0.05) is 5.54 Å². The average molecular weight is 215 g/mol. The van der Waals surface area contributed by atoms with E-state index < -0.39 is 5.60 Å². The normalized spacial score (nSPS) is 24.8. The minimum atomic E-state index is -0.703. The second-order valence-electron chi connectivity index (χ2n) is 5.27. The van der Waals surface area contributed by atoms with Gasteiger partial charge in [0.05, 0.1) is 18.8 Å². The molecule has 0 bridgehead atoms. The van der Waals surface area contributed by atoms with Crippen LogP contribution < -0.4 is 5.73 Å². The average Bonchev–Trinajstić information content (AvgIpc) is 2.18. The number of aliphatic hydroxyl groups is 1. The number of ether oxygens (including phenoxy) is 1. The minimum Gasteiger partial charge on any atom is -0.388 e. The van der Waals surface area contributed by atoms with E-state index in [4.69, 9.17) is 10.5 Å². The van der Waals surface area contributed by atoms with Crippen molar-refractivity contribution in [3.05, 3.63) is 0 Å². The van der Waals surface area contributed by atoms with Gasteiger partial charge in [-0.3, -0.25) is 0 Å². The highest BCUT2D eigenvalue weighted by Crippen LogP contribution is 2.26. The summed E-state index contributed by atoms with van der Waals surface area (Å²) in [5.74, 6) is 0. The lowest BCUT2D eigenvalue weighted by Crippen LogP contribution is -2.47. The van der Waals surface area contributed by atoms with E-state index >= 15 is 0 Å². The van der Waals surface area contributed by atoms with E-state index in [1.807, 2.05) is 6.92 Å². The third-order valence-corrected chi connectivity index (χ3v) is 3.41. The molecule has 0 amide bonds. The van der Waals surface area contributed by atoms with Gasteiger partial charge in [0.25, 0.3) is 0 Å². The van der Waals surface area contributed by atoms with E-state index in [1.54, 1.807) is 6.92 Å². The van der Waals surface area contributed by atoms with Crippen molar-refractivity contribution >= 4 is 0 Å². The van der Waals surface area contributed by atoms with E-state index in [-0.39, 0.29) is 5.54 Å². The lowest BCUT2D eigenvalue weighted by atomic mass is 9.83. The van der Waals surface area contributed by atoms with Gasteiger partial charge in [0.2, 0.25) is 0 Å². The first-order valence-electron chi connectivity index (χ1n) is 6.06. The van der Waals surface area contributed by atoms with Gasteiger partial charge in [0.1, 0.15) is 0 Å². The van der Waals surface area contributed by atoms with E-state index in [0.717, 1.165) is 12.8 Å². The Hall–Kier alpha value is -0.120. The monoisotopic (exact) mass is 215 g/mol. The van der Waals surface area contributed by atoms with Crippen molar-refractivity contribution in [1.29, 1.82) is 0 Å². The van der Waals surface area contributed by atoms with Crippen LogP contribution in [0.5, 0.6) is 0 Å². The number of nitrogens with two attached hydrogens (primary N) is 1. The van der Waals surface area contributed by atoms with E-state index in [9.17, 15) is 5.11 Å². The third-order valence-electron chi connectivity index (χ3n) is 3.41. The lowest BCUT2D eigenvalue weighted by Gasteiger charge is -2.34. The summed E-state index contributed by atoms with van der Waals surface area (Å²) >= 11 is 0. The fraction of sp³-hybridized carbons (Fsp3) is 1.00. The van der Waals surface area contributed by atoms with Crippen LogP contribution in [0.4, 0.5) is 0 Å². The maximum Gasteiger partial charge on any atom is 0.0849 e. The van der Waals surface area contributed by atoms with Gasteiger partial charge in [-0.2, -0.15) is 0 Å². The van der Waals surface area contributed by atoms with Crippen molar-refractivity contribution in [2.45, 2.75) is 63.5 Å². The predicted octanol–water partition coefficient (Wildman–Crippen LogP) is 1.83. The van der Waals surface area contributed by atoms with Gasteiger partial charge in [-0.15, -0.1) is 0 Å². The van der Waals surface area contributed by atoms with Crippen LogP contribution in [0.15, 0.2) is 0 Å². The van der Waals surface area contributed by atoms with E-state index in [2.05, 4.69) is 0 Å². The van der Waals surface area contributed by atoms with Crippen molar-refractivity contribution in [2.75, 3.05) is 13.2 Å². The summed E-state index contributed by atoms with van der Waals surface area (Å²) in [5.41, 5.74) is 5.38. The molecule has 3 nitrogen and oxygen atoms in total. The van der Waals surface area contributed by atoms with Crippen molar-refractivity contribution < 1.29 is 9.84 Å². The Morgan fingerprint density at radius 2 is 1.93 bits per heavy atom. The fourth-order valence-electron chi connectivity index (χ4n) is 1.98. The van der Waals surface area contributed by atoms with Crippen molar-refractivity contribution in [2.24, 2.45) is 5.73 Å². The molecule has 0 aromatic rings. The molecule has 1 aliphatic carbocycles. The van der Waals surface area contributed by atoms with Crippen LogP contribution in [0, 0.1) is 0 Å². The number of hydrogen-bond acceptors (Lipinski definition) is 3. The lowest BCUT2D eigenvalue weighted by molar-refractivity contribution is -0.0507. The molecule has 0 radical (unpaired) electrons. The van der Waals surface area contributed by atoms with Crippen molar-refractivity contribution in [3.8, 4) is 0 Å². The van der Waals surface area contributed by atoms with Gasteiger partial charge in [-0.1, -0.05) is 26.2 Å². The standard InChI is InChI=1S/C12H25NO2/c1-3-11(2,14)9-15-10-12(13)7-5-4-6-8-12/h14H,3-10,13H2,1-2H3. The second kappa shape index (κ2) is 5.28. The van der Waals surface area contributed by atoms with Crippen LogP contribution >= 0.6 is 0 Å². The molecule has 0 aromatic carbocycles. The topological polar surface area (TPSA) is 55.5 Å². The highest BCUT2D eigenvalue weighted by Gasteiger charge is 2.28. The second-order valence-corrected chi connectivity index (χ2v) is 5.27. The molecule has 1 aliphatic rings. The van der Waals surface area contributed by atoms with Gasteiger partial charge in [-0.05, 0) is 26.2 Å². The molecule has 1 unspecified atom stereocenters. The first-order chi connectivity index (χ1) is 6.97. The van der Waals surface area contributed by atoms with Crippen molar-refractivity contribution in [3.63, 3.8) is 0 Å². The van der Waals surface area contributed by atoms with Crippen LogP contribution in [0.2, 0.25) is 0 Å². The smallest absolute Gasteiger partial charge is 0.0849 e. The maximum absolute atomic E-state index is 9.77. The fourth-order valence-corrected chi connectivity index (χ4v) is 1.98. The van der Waals surface area contributed by atoms with Gasteiger partial charge >= 0.3 is 0 Å². The number of hydrogen-bond donors (Lipinski definition) is 2. The predicted molar refractivity (Wildman–Crippen MR) is 61.7 cm³/mol. The molecule has 90 valence electrons. The maximum atomic E-state index is 9.77. The molecule has 3 N–H and O–H groups in total. The Morgan fingerprint density at radius 3 is 2.47 bits per heavy atom. The van der Waals surface area contributed by atoms with Gasteiger partial charge in [-0.25, -0.2) is 0 Å². The quantitative estimate of drug-likeness (QED) is 0.735. The Labute approximate surface area is 93.0 Å². The molecular formula is C12H25NO2. The SMILES string of the molecule is CCC(C)(O)COCC1(N)CCCCC1. The third kappa shape index (κ3) is 4.49. The molecule has 0 aliphatic heterocycles. The zero-order chi connectivity index (χ0) is 11.4. The minimum absolute atomic E-state index is 0.137. The summed E-state index contributed by atoms with van der Waals surface area (Å²) < 4.78 is 5.56. The Bertz CT molecular complexity index is 186. The molecule has 0 spiro atoms. The van der Waals surface area contributed by atoms with Crippen molar-refractivity contribution in [1.82, 2.24) is 0 Å². The van der Waals surface area contributed by atoms with Crippen LogP contribution in [0.3, 0.4) is 0 Å². The van der Waals surface area contributed by atoms with E-state index in [0.29, 0.717) is 19.6 Å². The molecule has 1 fully saturated rings. The zero-order valence-corrected chi connectivity index (χ0v) is 10.1. The van der Waals surface area contributed by atoms with Crippen LogP contribution in [-0.4, -0.2) is 29.5 Å². The van der Waals surface area contributed by atoms with Crippen LogP contribution in [-0.2, 0) is 4.74 Å². The summed E-state index contributed by atoms with van der Waals surface area (Å²) in [6, 6.07) is 0. The molecule has 1 rings (SSSR count). The Kier molecular flexibility index (Phi) is 4.56. The molecule has 0 heterocycles. The summed E-state index contributed by atoms with van der Waals surface area (Å²) in [6.07, 6.45) is 6.55. The zero-order valence-electron chi connectivity index (χ0n) is 10.1. The van der Waals surface area contributed by atoms with Gasteiger partial charge in [0.15, 0.2) is 0 Å². The highest BCUT2D eigenvalue weighted by atomic mass is 16.5. The Balaban J connectivity index is 2.24. The van der Waals surface area contributed by atoms with Crippen LogP contribution in [0.25, 0.3) is 0 Å². The molecule has 15 heavy (non-hydrogen) atoms. The summed E-state index contributed by atoms with van der Waals surface area (Å²) in [6.45, 7) is 4.74. The summed E-state index contributed by atoms with van der Waals surface area (Å²) in [5, 5.41) is 9.77. The molecule has 0 aromatic heterocycles. The summed E-state index contributed by atoms with van der Waals surface area (Å²) in [7, 11) is 0. The largest absolute Gasteiger partial charge is 0.388 e. The van der Waals surface area contributed by atoms with Gasteiger partial charge < -0.3 is 15.6 Å².